The zero-order valence-electron chi connectivity index (χ0n) is 9.21. The maximum Gasteiger partial charge on any atom is 0.156 e. The van der Waals surface area contributed by atoms with Crippen LogP contribution in [0.5, 0.6) is 0 Å². The van der Waals surface area contributed by atoms with E-state index >= 15 is 0 Å². The zero-order valence-corrected chi connectivity index (χ0v) is 10.0. The van der Waals surface area contributed by atoms with Gasteiger partial charge in [0.2, 0.25) is 0 Å². The minimum absolute atomic E-state index is 0.278. The van der Waals surface area contributed by atoms with Gasteiger partial charge in [-0.05, 0) is 11.4 Å². The summed E-state index contributed by atoms with van der Waals surface area (Å²) in [4.78, 5) is 5.61. The predicted molar refractivity (Wildman–Crippen MR) is 63.6 cm³/mol. The Labute approximate surface area is 102 Å². The number of fused-ring (bicyclic) bond motifs is 1. The second kappa shape index (κ2) is 4.19. The van der Waals surface area contributed by atoms with Crippen molar-refractivity contribution in [1.29, 1.82) is 0 Å². The highest BCUT2D eigenvalue weighted by Gasteiger charge is 2.27. The van der Waals surface area contributed by atoms with Crippen molar-refractivity contribution in [3.8, 4) is 0 Å². The van der Waals surface area contributed by atoms with Crippen LogP contribution in [0.15, 0.2) is 17.5 Å². The van der Waals surface area contributed by atoms with Crippen molar-refractivity contribution in [1.82, 2.24) is 14.8 Å². The van der Waals surface area contributed by atoms with E-state index in [-0.39, 0.29) is 12.6 Å². The molecule has 0 aromatic carbocycles. The Bertz CT molecular complexity index is 508. The minimum Gasteiger partial charge on any atom is -0.321 e. The van der Waals surface area contributed by atoms with Crippen LogP contribution in [-0.4, -0.2) is 20.9 Å². The Kier molecular flexibility index (Phi) is 2.68. The standard InChI is InChI=1S/C11H13FN4S/c12-7-4-9(13)11-14-10(15-16(11)6-7)5-8-2-1-3-17-8/h1-3,7,9H,4-6,13H2. The van der Waals surface area contributed by atoms with Crippen molar-refractivity contribution < 1.29 is 4.39 Å². The van der Waals surface area contributed by atoms with Crippen LogP contribution < -0.4 is 5.73 Å². The zero-order chi connectivity index (χ0) is 11.8. The van der Waals surface area contributed by atoms with E-state index in [4.69, 9.17) is 5.73 Å². The van der Waals surface area contributed by atoms with Gasteiger partial charge in [0.15, 0.2) is 5.82 Å². The van der Waals surface area contributed by atoms with Gasteiger partial charge in [0.05, 0.1) is 12.6 Å². The van der Waals surface area contributed by atoms with E-state index in [9.17, 15) is 4.39 Å². The molecule has 17 heavy (non-hydrogen) atoms. The first-order valence-electron chi connectivity index (χ1n) is 5.58. The fraction of sp³-hybridized carbons (Fsp3) is 0.455. The molecule has 0 saturated heterocycles. The van der Waals surface area contributed by atoms with Crippen LogP contribution in [0.2, 0.25) is 0 Å². The van der Waals surface area contributed by atoms with E-state index < -0.39 is 6.17 Å². The van der Waals surface area contributed by atoms with Crippen LogP contribution in [0.4, 0.5) is 4.39 Å². The van der Waals surface area contributed by atoms with E-state index in [0.29, 0.717) is 18.7 Å². The third-order valence-electron chi connectivity index (χ3n) is 2.87. The molecule has 1 aliphatic heterocycles. The molecule has 1 aliphatic rings. The van der Waals surface area contributed by atoms with E-state index in [0.717, 1.165) is 5.82 Å². The number of hydrogen-bond acceptors (Lipinski definition) is 4. The van der Waals surface area contributed by atoms with Crippen molar-refractivity contribution in [2.75, 3.05) is 0 Å². The number of alkyl halides is 1. The second-order valence-electron chi connectivity index (χ2n) is 4.26. The van der Waals surface area contributed by atoms with Gasteiger partial charge in [-0.2, -0.15) is 5.10 Å². The number of nitrogens with two attached hydrogens (primary N) is 1. The molecule has 0 saturated carbocycles. The van der Waals surface area contributed by atoms with Gasteiger partial charge in [-0.15, -0.1) is 11.3 Å². The molecule has 0 amide bonds. The summed E-state index contributed by atoms with van der Waals surface area (Å²) < 4.78 is 14.9. The lowest BCUT2D eigenvalue weighted by atomic mass is 10.1. The monoisotopic (exact) mass is 252 g/mol. The van der Waals surface area contributed by atoms with Crippen molar-refractivity contribution in [3.05, 3.63) is 34.0 Å². The highest BCUT2D eigenvalue weighted by molar-refractivity contribution is 7.09. The smallest absolute Gasteiger partial charge is 0.156 e. The summed E-state index contributed by atoms with van der Waals surface area (Å²) in [5.41, 5.74) is 5.86. The number of rotatable bonds is 2. The van der Waals surface area contributed by atoms with Gasteiger partial charge in [0.25, 0.3) is 0 Å². The fourth-order valence-electron chi connectivity index (χ4n) is 2.10. The van der Waals surface area contributed by atoms with Crippen molar-refractivity contribution >= 4 is 11.3 Å². The lowest BCUT2D eigenvalue weighted by molar-refractivity contribution is 0.219. The van der Waals surface area contributed by atoms with E-state index in [1.807, 2.05) is 17.5 Å². The Hall–Kier alpha value is -1.27. The van der Waals surface area contributed by atoms with Crippen molar-refractivity contribution in [2.45, 2.75) is 31.6 Å². The molecule has 0 aliphatic carbocycles. The van der Waals surface area contributed by atoms with Gasteiger partial charge >= 0.3 is 0 Å². The molecule has 4 nitrogen and oxygen atoms in total. The van der Waals surface area contributed by atoms with E-state index in [1.165, 1.54) is 4.88 Å². The van der Waals surface area contributed by atoms with Gasteiger partial charge < -0.3 is 5.73 Å². The van der Waals surface area contributed by atoms with Crippen LogP contribution in [0.25, 0.3) is 0 Å². The average molecular weight is 252 g/mol. The van der Waals surface area contributed by atoms with Crippen LogP contribution in [-0.2, 0) is 13.0 Å². The van der Waals surface area contributed by atoms with Crippen LogP contribution in [0, 0.1) is 0 Å². The number of nitrogens with zero attached hydrogens (tertiary/aromatic N) is 3. The van der Waals surface area contributed by atoms with Crippen molar-refractivity contribution in [2.24, 2.45) is 5.73 Å². The Balaban J connectivity index is 1.86. The predicted octanol–water partition coefficient (Wildman–Crippen LogP) is 1.67. The lowest BCUT2D eigenvalue weighted by Gasteiger charge is -2.21. The summed E-state index contributed by atoms with van der Waals surface area (Å²) in [6.45, 7) is 0.278. The second-order valence-corrected chi connectivity index (χ2v) is 5.30. The fourth-order valence-corrected chi connectivity index (χ4v) is 2.80. The molecular formula is C11H13FN4S. The first-order valence-corrected chi connectivity index (χ1v) is 6.46. The molecular weight excluding hydrogens is 239 g/mol. The number of thiophene rings is 1. The minimum atomic E-state index is -0.909. The number of aromatic nitrogens is 3. The molecule has 0 fully saturated rings. The summed E-state index contributed by atoms with van der Waals surface area (Å²) >= 11 is 1.67. The van der Waals surface area contributed by atoms with Crippen molar-refractivity contribution in [3.63, 3.8) is 0 Å². The summed E-state index contributed by atoms with van der Waals surface area (Å²) in [7, 11) is 0. The maximum absolute atomic E-state index is 13.3. The molecule has 0 radical (unpaired) electrons. The lowest BCUT2D eigenvalue weighted by Crippen LogP contribution is -2.30. The quantitative estimate of drug-likeness (QED) is 0.884. The van der Waals surface area contributed by atoms with Gasteiger partial charge in [0.1, 0.15) is 12.0 Å². The molecule has 2 N–H and O–H groups in total. The molecule has 2 atom stereocenters. The third kappa shape index (κ3) is 2.10. The molecule has 0 spiro atoms. The van der Waals surface area contributed by atoms with E-state index in [1.54, 1.807) is 16.0 Å². The summed E-state index contributed by atoms with van der Waals surface area (Å²) in [6, 6.07) is 3.71. The molecule has 0 bridgehead atoms. The Morgan fingerprint density at radius 1 is 1.59 bits per heavy atom. The molecule has 2 aromatic heterocycles. The van der Waals surface area contributed by atoms with Gasteiger partial charge in [0, 0.05) is 17.7 Å². The number of hydrogen-bond donors (Lipinski definition) is 1. The first-order chi connectivity index (χ1) is 8.22. The average Bonchev–Trinajstić information content (AvgIpc) is 2.87. The first kappa shape index (κ1) is 10.9. The Morgan fingerprint density at radius 2 is 2.47 bits per heavy atom. The van der Waals surface area contributed by atoms with E-state index in [2.05, 4.69) is 10.1 Å². The maximum atomic E-state index is 13.3. The highest BCUT2D eigenvalue weighted by atomic mass is 32.1. The summed E-state index contributed by atoms with van der Waals surface area (Å²) in [6.07, 6.45) is 0.132. The molecule has 90 valence electrons. The Morgan fingerprint density at radius 3 is 3.24 bits per heavy atom. The van der Waals surface area contributed by atoms with Crippen LogP contribution in [0.3, 0.4) is 0 Å². The molecule has 3 heterocycles. The normalized spacial score (nSPS) is 23.6. The molecule has 3 rings (SSSR count). The third-order valence-corrected chi connectivity index (χ3v) is 3.75. The largest absolute Gasteiger partial charge is 0.321 e. The highest BCUT2D eigenvalue weighted by Crippen LogP contribution is 2.23. The molecule has 2 unspecified atom stereocenters. The topological polar surface area (TPSA) is 56.7 Å². The summed E-state index contributed by atoms with van der Waals surface area (Å²) in [5.74, 6) is 1.44. The number of halogens is 1. The van der Waals surface area contributed by atoms with Gasteiger partial charge in [-0.1, -0.05) is 6.07 Å². The van der Waals surface area contributed by atoms with Gasteiger partial charge in [-0.3, -0.25) is 0 Å². The SMILES string of the molecule is NC1CC(F)Cn2nc(Cc3cccs3)nc21. The molecule has 6 heteroatoms. The summed E-state index contributed by atoms with van der Waals surface area (Å²) in [5, 5.41) is 6.34. The molecule has 2 aromatic rings. The van der Waals surface area contributed by atoms with Crippen LogP contribution >= 0.6 is 11.3 Å². The van der Waals surface area contributed by atoms with Gasteiger partial charge in [-0.25, -0.2) is 14.1 Å². The van der Waals surface area contributed by atoms with Crippen LogP contribution in [0.1, 0.15) is 29.0 Å².